The van der Waals surface area contributed by atoms with Gasteiger partial charge in [0.05, 0.1) is 5.56 Å². The molecule has 0 atom stereocenters. The number of hydrogen-bond donors (Lipinski definition) is 3. The van der Waals surface area contributed by atoms with Crippen LogP contribution in [0.5, 0.6) is 11.5 Å². The Kier molecular flexibility index (Phi) is 5.23. The number of amides is 1. The van der Waals surface area contributed by atoms with Crippen molar-refractivity contribution in [2.75, 3.05) is 12.1 Å². The predicted molar refractivity (Wildman–Crippen MR) is 95.1 cm³/mol. The van der Waals surface area contributed by atoms with Crippen LogP contribution < -0.4 is 20.1 Å². The third-order valence-electron chi connectivity index (χ3n) is 3.77. The first kappa shape index (κ1) is 17.8. The molecule has 0 saturated carbocycles. The highest BCUT2D eigenvalue weighted by molar-refractivity contribution is 5.97. The SMILES string of the molecule is N#C/C(=C/Nc1ccc(C(=O)O)cc1)C(=O)NCc1ccc2c(c1)OCO2. The standard InChI is InChI=1S/C19H15N3O5/c20-8-14(10-21-15-4-2-13(3-5-15)19(24)25)18(23)22-9-12-1-6-16-17(7-12)27-11-26-16/h1-7,10,21H,9,11H2,(H,22,23)(H,24,25)/b14-10-. The summed E-state index contributed by atoms with van der Waals surface area (Å²) >= 11 is 0. The van der Waals surface area contributed by atoms with E-state index < -0.39 is 11.9 Å². The predicted octanol–water partition coefficient (Wildman–Crippen LogP) is 2.25. The van der Waals surface area contributed by atoms with Gasteiger partial charge in [0.25, 0.3) is 5.91 Å². The molecule has 0 bridgehead atoms. The number of carbonyl (C=O) groups excluding carboxylic acids is 1. The molecule has 2 aromatic carbocycles. The van der Waals surface area contributed by atoms with Crippen LogP contribution >= 0.6 is 0 Å². The largest absolute Gasteiger partial charge is 0.478 e. The Labute approximate surface area is 154 Å². The van der Waals surface area contributed by atoms with Gasteiger partial charge in [0, 0.05) is 18.4 Å². The van der Waals surface area contributed by atoms with Crippen molar-refractivity contribution >= 4 is 17.6 Å². The fourth-order valence-corrected chi connectivity index (χ4v) is 2.34. The van der Waals surface area contributed by atoms with Gasteiger partial charge >= 0.3 is 5.97 Å². The highest BCUT2D eigenvalue weighted by Gasteiger charge is 2.14. The summed E-state index contributed by atoms with van der Waals surface area (Å²) < 4.78 is 10.5. The Hall–Kier alpha value is -3.99. The number of nitrogens with one attached hydrogen (secondary N) is 2. The van der Waals surface area contributed by atoms with Gasteiger partial charge in [0.1, 0.15) is 11.6 Å². The van der Waals surface area contributed by atoms with Crippen molar-refractivity contribution in [3.05, 3.63) is 65.4 Å². The van der Waals surface area contributed by atoms with Crippen molar-refractivity contribution in [1.82, 2.24) is 5.32 Å². The van der Waals surface area contributed by atoms with E-state index in [1.165, 1.54) is 18.3 Å². The first-order valence-electron chi connectivity index (χ1n) is 7.93. The minimum absolute atomic E-state index is 0.113. The van der Waals surface area contributed by atoms with Gasteiger partial charge in [-0.2, -0.15) is 5.26 Å². The zero-order valence-electron chi connectivity index (χ0n) is 14.1. The second-order valence-electron chi connectivity index (χ2n) is 5.57. The van der Waals surface area contributed by atoms with Gasteiger partial charge in [-0.05, 0) is 42.0 Å². The van der Waals surface area contributed by atoms with Crippen LogP contribution in [0.4, 0.5) is 5.69 Å². The minimum atomic E-state index is -1.03. The van der Waals surface area contributed by atoms with Crippen LogP contribution in [0.2, 0.25) is 0 Å². The lowest BCUT2D eigenvalue weighted by Crippen LogP contribution is -2.24. The van der Waals surface area contributed by atoms with Crippen LogP contribution in [0.15, 0.2) is 54.2 Å². The molecule has 1 aliphatic heterocycles. The average Bonchev–Trinajstić information content (AvgIpc) is 3.15. The Morgan fingerprint density at radius 1 is 1.15 bits per heavy atom. The molecule has 0 fully saturated rings. The number of nitriles is 1. The van der Waals surface area contributed by atoms with Crippen LogP contribution in [0.1, 0.15) is 15.9 Å². The maximum Gasteiger partial charge on any atom is 0.335 e. The number of carboxylic acid groups (broad SMARTS) is 1. The molecule has 1 amide bonds. The van der Waals surface area contributed by atoms with Gasteiger partial charge in [-0.15, -0.1) is 0 Å². The number of hydrogen-bond acceptors (Lipinski definition) is 6. The van der Waals surface area contributed by atoms with Gasteiger partial charge in [0.15, 0.2) is 11.5 Å². The monoisotopic (exact) mass is 365 g/mol. The fourth-order valence-electron chi connectivity index (χ4n) is 2.34. The van der Waals surface area contributed by atoms with Gasteiger partial charge in [0.2, 0.25) is 6.79 Å². The van der Waals surface area contributed by atoms with E-state index >= 15 is 0 Å². The summed E-state index contributed by atoms with van der Waals surface area (Å²) in [6, 6.07) is 13.1. The lowest BCUT2D eigenvalue weighted by atomic mass is 10.2. The molecule has 136 valence electrons. The number of carbonyl (C=O) groups is 2. The number of fused-ring (bicyclic) bond motifs is 1. The van der Waals surface area contributed by atoms with Gasteiger partial charge in [-0.1, -0.05) is 6.07 Å². The van der Waals surface area contributed by atoms with Crippen LogP contribution in [0, 0.1) is 11.3 Å². The summed E-state index contributed by atoms with van der Waals surface area (Å²) in [5, 5.41) is 23.5. The molecule has 0 aromatic heterocycles. The smallest absolute Gasteiger partial charge is 0.335 e. The third kappa shape index (κ3) is 4.35. The molecule has 0 unspecified atom stereocenters. The van der Waals surface area contributed by atoms with E-state index in [2.05, 4.69) is 10.6 Å². The molecule has 0 saturated heterocycles. The summed E-state index contributed by atoms with van der Waals surface area (Å²) in [5.41, 5.74) is 1.39. The topological polar surface area (TPSA) is 121 Å². The maximum atomic E-state index is 12.2. The van der Waals surface area contributed by atoms with E-state index in [0.717, 1.165) is 5.56 Å². The van der Waals surface area contributed by atoms with E-state index in [-0.39, 0.29) is 24.5 Å². The van der Waals surface area contributed by atoms with Gasteiger partial charge < -0.3 is 25.2 Å². The van der Waals surface area contributed by atoms with E-state index in [1.54, 1.807) is 30.3 Å². The fraction of sp³-hybridized carbons (Fsp3) is 0.105. The van der Waals surface area contributed by atoms with Crippen molar-refractivity contribution in [2.45, 2.75) is 6.54 Å². The summed E-state index contributed by atoms with van der Waals surface area (Å²) in [7, 11) is 0. The Morgan fingerprint density at radius 3 is 2.59 bits per heavy atom. The second-order valence-corrected chi connectivity index (χ2v) is 5.57. The highest BCUT2D eigenvalue weighted by Crippen LogP contribution is 2.32. The number of nitrogens with zero attached hydrogens (tertiary/aromatic N) is 1. The Morgan fingerprint density at radius 2 is 1.89 bits per heavy atom. The molecule has 0 aliphatic carbocycles. The first-order valence-corrected chi connectivity index (χ1v) is 7.93. The number of anilines is 1. The highest BCUT2D eigenvalue weighted by atomic mass is 16.7. The number of aromatic carboxylic acids is 1. The number of benzene rings is 2. The van der Waals surface area contributed by atoms with E-state index in [9.17, 15) is 14.9 Å². The number of rotatable bonds is 6. The molecule has 1 aliphatic rings. The summed E-state index contributed by atoms with van der Waals surface area (Å²) in [5.74, 6) is -0.299. The summed E-state index contributed by atoms with van der Waals surface area (Å²) in [6.07, 6.45) is 1.27. The number of ether oxygens (including phenoxy) is 2. The molecule has 0 spiro atoms. The second kappa shape index (κ2) is 7.93. The van der Waals surface area contributed by atoms with Crippen LogP contribution in [0.25, 0.3) is 0 Å². The lowest BCUT2D eigenvalue weighted by Gasteiger charge is -2.06. The van der Waals surface area contributed by atoms with E-state index in [1.807, 2.05) is 6.07 Å². The molecular weight excluding hydrogens is 350 g/mol. The molecule has 3 rings (SSSR count). The molecule has 2 aromatic rings. The maximum absolute atomic E-state index is 12.2. The summed E-state index contributed by atoms with van der Waals surface area (Å²) in [6.45, 7) is 0.396. The molecule has 8 heteroatoms. The summed E-state index contributed by atoms with van der Waals surface area (Å²) in [4.78, 5) is 23.0. The van der Waals surface area contributed by atoms with Crippen LogP contribution in [-0.2, 0) is 11.3 Å². The van der Waals surface area contributed by atoms with E-state index in [0.29, 0.717) is 17.2 Å². The van der Waals surface area contributed by atoms with Crippen molar-refractivity contribution < 1.29 is 24.2 Å². The minimum Gasteiger partial charge on any atom is -0.478 e. The Bertz CT molecular complexity index is 945. The van der Waals surface area contributed by atoms with Gasteiger partial charge in [-0.3, -0.25) is 4.79 Å². The van der Waals surface area contributed by atoms with E-state index in [4.69, 9.17) is 14.6 Å². The van der Waals surface area contributed by atoms with Crippen LogP contribution in [-0.4, -0.2) is 23.8 Å². The molecule has 8 nitrogen and oxygen atoms in total. The van der Waals surface area contributed by atoms with Crippen LogP contribution in [0.3, 0.4) is 0 Å². The zero-order valence-corrected chi connectivity index (χ0v) is 14.1. The normalized spacial score (nSPS) is 12.2. The van der Waals surface area contributed by atoms with Crippen molar-refractivity contribution in [2.24, 2.45) is 0 Å². The van der Waals surface area contributed by atoms with Gasteiger partial charge in [-0.25, -0.2) is 4.79 Å². The first-order chi connectivity index (χ1) is 13.1. The molecule has 1 heterocycles. The van der Waals surface area contributed by atoms with Crippen molar-refractivity contribution in [3.8, 4) is 17.6 Å². The quantitative estimate of drug-likeness (QED) is 0.530. The van der Waals surface area contributed by atoms with Crippen molar-refractivity contribution in [1.29, 1.82) is 5.26 Å². The molecule has 27 heavy (non-hydrogen) atoms. The van der Waals surface area contributed by atoms with Crippen molar-refractivity contribution in [3.63, 3.8) is 0 Å². The molecule has 0 radical (unpaired) electrons. The zero-order chi connectivity index (χ0) is 19.2. The average molecular weight is 365 g/mol. The number of carboxylic acids is 1. The lowest BCUT2D eigenvalue weighted by molar-refractivity contribution is -0.117. The third-order valence-corrected chi connectivity index (χ3v) is 3.77. The molecular formula is C19H15N3O5. The Balaban J connectivity index is 1.59. The molecule has 3 N–H and O–H groups in total.